The molecule has 4 rings (SSSR count). The second kappa shape index (κ2) is 10.3. The Labute approximate surface area is 204 Å². The van der Waals surface area contributed by atoms with Crippen LogP contribution in [0.3, 0.4) is 0 Å². The van der Waals surface area contributed by atoms with E-state index >= 15 is 0 Å². The largest absolute Gasteiger partial charge is 0.494 e. The van der Waals surface area contributed by atoms with E-state index in [4.69, 9.17) is 16.3 Å². The van der Waals surface area contributed by atoms with Gasteiger partial charge in [-0.05, 0) is 67.6 Å². The molecule has 0 aliphatic heterocycles. The maximum atomic E-state index is 13.9. The number of nitrogens with zero attached hydrogens (tertiary/aromatic N) is 1. The number of para-hydroxylation sites is 1. The quantitative estimate of drug-likeness (QED) is 0.335. The van der Waals surface area contributed by atoms with Crippen molar-refractivity contribution in [1.29, 1.82) is 0 Å². The number of hydrogen-bond acceptors (Lipinski definition) is 4. The van der Waals surface area contributed by atoms with Crippen LogP contribution in [0.5, 0.6) is 5.75 Å². The minimum Gasteiger partial charge on any atom is -0.494 e. The SMILES string of the molecule is CCOc1ccc(NC(=O)c2cc3cc(Cl)ccc3n2NC(=O)C(=O)Nc2ccccc2F)cc1. The van der Waals surface area contributed by atoms with Gasteiger partial charge >= 0.3 is 11.8 Å². The van der Waals surface area contributed by atoms with Gasteiger partial charge in [0.2, 0.25) is 0 Å². The van der Waals surface area contributed by atoms with Crippen LogP contribution in [0.1, 0.15) is 17.4 Å². The molecule has 3 N–H and O–H groups in total. The normalized spacial score (nSPS) is 10.6. The highest BCUT2D eigenvalue weighted by Gasteiger charge is 2.22. The first-order chi connectivity index (χ1) is 16.9. The topological polar surface area (TPSA) is 101 Å². The maximum absolute atomic E-state index is 13.9. The zero-order valence-corrected chi connectivity index (χ0v) is 19.2. The summed E-state index contributed by atoms with van der Waals surface area (Å²) in [5.41, 5.74) is 3.23. The summed E-state index contributed by atoms with van der Waals surface area (Å²) in [5, 5.41) is 5.94. The molecule has 0 saturated carbocycles. The smallest absolute Gasteiger partial charge is 0.328 e. The third-order valence-electron chi connectivity index (χ3n) is 4.96. The van der Waals surface area contributed by atoms with Gasteiger partial charge in [-0.2, -0.15) is 0 Å². The highest BCUT2D eigenvalue weighted by atomic mass is 35.5. The number of ether oxygens (including phenoxy) is 1. The fourth-order valence-electron chi connectivity index (χ4n) is 3.36. The first-order valence-electron chi connectivity index (χ1n) is 10.6. The molecule has 3 amide bonds. The number of hydrogen-bond donors (Lipinski definition) is 3. The molecule has 0 fully saturated rings. The van der Waals surface area contributed by atoms with Gasteiger partial charge in [-0.25, -0.2) is 9.07 Å². The highest BCUT2D eigenvalue weighted by molar-refractivity contribution is 6.42. The highest BCUT2D eigenvalue weighted by Crippen LogP contribution is 2.24. The van der Waals surface area contributed by atoms with Crippen molar-refractivity contribution in [3.8, 4) is 5.75 Å². The summed E-state index contributed by atoms with van der Waals surface area (Å²) in [7, 11) is 0. The second-order valence-corrected chi connectivity index (χ2v) is 7.79. The van der Waals surface area contributed by atoms with E-state index in [1.807, 2.05) is 6.92 Å². The number of amides is 3. The van der Waals surface area contributed by atoms with Crippen LogP contribution >= 0.6 is 11.6 Å². The first kappa shape index (κ1) is 23.8. The number of anilines is 2. The van der Waals surface area contributed by atoms with Crippen LogP contribution in [0.25, 0.3) is 10.9 Å². The Morgan fingerprint density at radius 1 is 0.943 bits per heavy atom. The fraction of sp³-hybridized carbons (Fsp3) is 0.0800. The number of carbonyl (C=O) groups is 3. The lowest BCUT2D eigenvalue weighted by Crippen LogP contribution is -2.36. The van der Waals surface area contributed by atoms with Crippen LogP contribution in [-0.4, -0.2) is 29.0 Å². The summed E-state index contributed by atoms with van der Waals surface area (Å²) in [5.74, 6) is -2.79. The Bertz CT molecular complexity index is 1420. The molecule has 35 heavy (non-hydrogen) atoms. The van der Waals surface area contributed by atoms with Crippen LogP contribution in [0.2, 0.25) is 5.02 Å². The average Bonchev–Trinajstić information content (AvgIpc) is 3.19. The third-order valence-corrected chi connectivity index (χ3v) is 5.20. The average molecular weight is 495 g/mol. The number of halogens is 2. The molecule has 4 aromatic rings. The van der Waals surface area contributed by atoms with Gasteiger partial charge in [0.05, 0.1) is 17.8 Å². The minimum atomic E-state index is -1.11. The van der Waals surface area contributed by atoms with Crippen molar-refractivity contribution in [2.45, 2.75) is 6.92 Å². The van der Waals surface area contributed by atoms with E-state index in [9.17, 15) is 18.8 Å². The summed E-state index contributed by atoms with van der Waals surface area (Å²) in [6, 6.07) is 18.5. The predicted octanol–water partition coefficient (Wildman–Crippen LogP) is 4.79. The van der Waals surface area contributed by atoms with Crippen LogP contribution in [-0.2, 0) is 9.59 Å². The van der Waals surface area contributed by atoms with Crippen molar-refractivity contribution in [2.75, 3.05) is 22.7 Å². The molecule has 8 nitrogen and oxygen atoms in total. The number of fused-ring (bicyclic) bond motifs is 1. The predicted molar refractivity (Wildman–Crippen MR) is 132 cm³/mol. The zero-order chi connectivity index (χ0) is 24.9. The van der Waals surface area contributed by atoms with Crippen molar-refractivity contribution >= 4 is 51.6 Å². The van der Waals surface area contributed by atoms with E-state index in [2.05, 4.69) is 16.1 Å². The number of nitrogens with one attached hydrogen (secondary N) is 3. The fourth-order valence-corrected chi connectivity index (χ4v) is 3.54. The van der Waals surface area contributed by atoms with E-state index in [0.717, 1.165) is 6.07 Å². The Hall–Kier alpha value is -4.37. The molecule has 0 saturated heterocycles. The van der Waals surface area contributed by atoms with Gasteiger partial charge in [-0.15, -0.1) is 0 Å². The molecule has 1 heterocycles. The summed E-state index contributed by atoms with van der Waals surface area (Å²) >= 11 is 6.08. The maximum Gasteiger partial charge on any atom is 0.328 e. The lowest BCUT2D eigenvalue weighted by molar-refractivity contribution is -0.133. The summed E-state index contributed by atoms with van der Waals surface area (Å²) < 4.78 is 20.4. The van der Waals surface area contributed by atoms with Crippen LogP contribution in [0.15, 0.2) is 72.8 Å². The molecule has 0 spiro atoms. The van der Waals surface area contributed by atoms with Crippen LogP contribution in [0, 0.1) is 5.82 Å². The monoisotopic (exact) mass is 494 g/mol. The number of benzene rings is 3. The van der Waals surface area contributed by atoms with Crippen molar-refractivity contribution in [3.05, 3.63) is 89.3 Å². The van der Waals surface area contributed by atoms with Gasteiger partial charge in [0, 0.05) is 16.1 Å². The Kier molecular flexibility index (Phi) is 6.98. The summed E-state index contributed by atoms with van der Waals surface area (Å²) in [4.78, 5) is 38.1. The standard InChI is InChI=1S/C25H20ClFN4O4/c1-2-35-18-10-8-17(9-11-18)28-23(32)22-14-15-13-16(26)7-12-21(15)31(22)30-25(34)24(33)29-20-6-4-3-5-19(20)27/h3-14H,2H2,1H3,(H,28,32)(H,29,33)(H,30,34). The zero-order valence-electron chi connectivity index (χ0n) is 18.5. The Balaban J connectivity index is 1.60. The van der Waals surface area contributed by atoms with Crippen LogP contribution in [0.4, 0.5) is 15.8 Å². The molecule has 10 heteroatoms. The van der Waals surface area contributed by atoms with Crippen molar-refractivity contribution in [3.63, 3.8) is 0 Å². The van der Waals surface area contributed by atoms with Gasteiger partial charge in [-0.3, -0.25) is 19.8 Å². The third kappa shape index (κ3) is 5.42. The molecule has 0 aliphatic rings. The lowest BCUT2D eigenvalue weighted by atomic mass is 10.2. The Morgan fingerprint density at radius 2 is 1.69 bits per heavy atom. The molecule has 178 valence electrons. The number of carbonyl (C=O) groups excluding carboxylic acids is 3. The molecule has 0 unspecified atom stereocenters. The molecular formula is C25H20ClFN4O4. The molecular weight excluding hydrogens is 475 g/mol. The number of rotatable bonds is 6. The van der Waals surface area contributed by atoms with Crippen molar-refractivity contribution in [2.24, 2.45) is 0 Å². The van der Waals surface area contributed by atoms with Crippen molar-refractivity contribution in [1.82, 2.24) is 4.68 Å². The molecule has 3 aromatic carbocycles. The molecule has 0 bridgehead atoms. The number of aromatic nitrogens is 1. The molecule has 0 atom stereocenters. The lowest BCUT2D eigenvalue weighted by Gasteiger charge is -2.13. The van der Waals surface area contributed by atoms with E-state index < -0.39 is 23.5 Å². The van der Waals surface area contributed by atoms with Gasteiger partial charge < -0.3 is 15.4 Å². The first-order valence-corrected chi connectivity index (χ1v) is 11.0. The van der Waals surface area contributed by atoms with E-state index in [0.29, 0.717) is 34.0 Å². The van der Waals surface area contributed by atoms with Gasteiger partial charge in [0.1, 0.15) is 17.3 Å². The van der Waals surface area contributed by atoms with Gasteiger partial charge in [0.15, 0.2) is 0 Å². The molecule has 0 radical (unpaired) electrons. The molecule has 0 aliphatic carbocycles. The van der Waals surface area contributed by atoms with Crippen LogP contribution < -0.4 is 20.8 Å². The second-order valence-electron chi connectivity index (χ2n) is 7.35. The van der Waals surface area contributed by atoms with Gasteiger partial charge in [-0.1, -0.05) is 23.7 Å². The molecule has 1 aromatic heterocycles. The summed E-state index contributed by atoms with van der Waals surface area (Å²) in [6.45, 7) is 2.38. The van der Waals surface area contributed by atoms with Gasteiger partial charge in [0.25, 0.3) is 5.91 Å². The summed E-state index contributed by atoms with van der Waals surface area (Å²) in [6.07, 6.45) is 0. The van der Waals surface area contributed by atoms with E-state index in [1.165, 1.54) is 28.9 Å². The van der Waals surface area contributed by atoms with E-state index in [-0.39, 0.29) is 11.4 Å². The minimum absolute atomic E-state index is 0.0446. The van der Waals surface area contributed by atoms with Crippen molar-refractivity contribution < 1.29 is 23.5 Å². The van der Waals surface area contributed by atoms with E-state index in [1.54, 1.807) is 42.5 Å². The Morgan fingerprint density at radius 3 is 2.40 bits per heavy atom.